The number of nitriles is 1. The summed E-state index contributed by atoms with van der Waals surface area (Å²) in [5, 5.41) is 15.5. The summed E-state index contributed by atoms with van der Waals surface area (Å²) >= 11 is 11.8. The molecule has 1 amide bonds. The molecule has 0 unspecified atom stereocenters. The van der Waals surface area contributed by atoms with Gasteiger partial charge < -0.3 is 10.6 Å². The molecule has 0 fully saturated rings. The highest BCUT2D eigenvalue weighted by Gasteiger charge is 2.13. The zero-order valence-corrected chi connectivity index (χ0v) is 16.2. The summed E-state index contributed by atoms with van der Waals surface area (Å²) < 4.78 is 0. The molecule has 0 bridgehead atoms. The molecule has 0 saturated heterocycles. The molecule has 6 heteroatoms. The van der Waals surface area contributed by atoms with Gasteiger partial charge in [0.05, 0.1) is 10.0 Å². The van der Waals surface area contributed by atoms with Gasteiger partial charge >= 0.3 is 0 Å². The van der Waals surface area contributed by atoms with Crippen LogP contribution >= 0.6 is 23.2 Å². The van der Waals surface area contributed by atoms with Crippen molar-refractivity contribution in [3.8, 4) is 6.07 Å². The first-order chi connectivity index (χ1) is 12.2. The van der Waals surface area contributed by atoms with E-state index in [2.05, 4.69) is 31.4 Å². The topological polar surface area (TPSA) is 64.9 Å². The summed E-state index contributed by atoms with van der Waals surface area (Å²) in [4.78, 5) is 12.2. The number of rotatable bonds is 4. The SMILES string of the molecule is CC(C)(C)c1ccc(N/C=C(/C#N)C(=O)Nc2ccc(Cl)c(Cl)c2)cc1. The molecule has 0 saturated carbocycles. The zero-order valence-electron chi connectivity index (χ0n) is 14.7. The van der Waals surface area contributed by atoms with Crippen LogP contribution in [-0.2, 0) is 10.2 Å². The van der Waals surface area contributed by atoms with Crippen molar-refractivity contribution >= 4 is 40.5 Å². The number of hydrogen-bond donors (Lipinski definition) is 2. The van der Waals surface area contributed by atoms with Gasteiger partial charge in [-0.25, -0.2) is 0 Å². The number of anilines is 2. The van der Waals surface area contributed by atoms with E-state index in [-0.39, 0.29) is 11.0 Å². The Morgan fingerprint density at radius 3 is 2.19 bits per heavy atom. The van der Waals surface area contributed by atoms with E-state index in [1.54, 1.807) is 12.1 Å². The van der Waals surface area contributed by atoms with Crippen molar-refractivity contribution in [2.45, 2.75) is 26.2 Å². The minimum absolute atomic E-state index is 0.0593. The predicted octanol–water partition coefficient (Wildman–Crippen LogP) is 5.75. The van der Waals surface area contributed by atoms with E-state index in [4.69, 9.17) is 23.2 Å². The lowest BCUT2D eigenvalue weighted by Gasteiger charge is -2.19. The average molecular weight is 388 g/mol. The van der Waals surface area contributed by atoms with Crippen molar-refractivity contribution in [3.63, 3.8) is 0 Å². The van der Waals surface area contributed by atoms with Crippen molar-refractivity contribution in [2.75, 3.05) is 10.6 Å². The molecule has 2 rings (SSSR count). The van der Waals surface area contributed by atoms with Gasteiger partial charge in [0.1, 0.15) is 11.6 Å². The van der Waals surface area contributed by atoms with Gasteiger partial charge in [0.2, 0.25) is 0 Å². The highest BCUT2D eigenvalue weighted by Crippen LogP contribution is 2.25. The Balaban J connectivity index is 2.08. The Labute approximate surface area is 163 Å². The van der Waals surface area contributed by atoms with E-state index in [0.29, 0.717) is 15.7 Å². The highest BCUT2D eigenvalue weighted by atomic mass is 35.5. The fourth-order valence-electron chi connectivity index (χ4n) is 2.14. The monoisotopic (exact) mass is 387 g/mol. The molecule has 0 aliphatic rings. The lowest BCUT2D eigenvalue weighted by atomic mass is 9.87. The van der Waals surface area contributed by atoms with Gasteiger partial charge in [0, 0.05) is 17.6 Å². The lowest BCUT2D eigenvalue weighted by Crippen LogP contribution is -2.14. The molecule has 0 aliphatic heterocycles. The maximum atomic E-state index is 12.2. The first-order valence-corrected chi connectivity index (χ1v) is 8.70. The van der Waals surface area contributed by atoms with Crippen LogP contribution in [-0.4, -0.2) is 5.91 Å². The number of amides is 1. The van der Waals surface area contributed by atoms with E-state index in [0.717, 1.165) is 5.69 Å². The molecular formula is C20H19Cl2N3O. The molecule has 0 heterocycles. The average Bonchev–Trinajstić information content (AvgIpc) is 2.58. The van der Waals surface area contributed by atoms with Gasteiger partial charge in [0.25, 0.3) is 5.91 Å². The van der Waals surface area contributed by atoms with E-state index in [1.807, 2.05) is 30.3 Å². The van der Waals surface area contributed by atoms with Crippen LogP contribution in [0.25, 0.3) is 0 Å². The fraction of sp³-hybridized carbons (Fsp3) is 0.200. The summed E-state index contributed by atoms with van der Waals surface area (Å²) in [5.41, 5.74) is 2.44. The molecule has 2 N–H and O–H groups in total. The van der Waals surface area contributed by atoms with Crippen molar-refractivity contribution in [1.29, 1.82) is 5.26 Å². The largest absolute Gasteiger partial charge is 0.360 e. The Bertz CT molecular complexity index is 875. The molecule has 0 radical (unpaired) electrons. The number of halogens is 2. The molecular weight excluding hydrogens is 369 g/mol. The Kier molecular flexibility index (Phi) is 6.31. The molecule has 0 aromatic heterocycles. The molecule has 134 valence electrons. The number of carbonyl (C=O) groups is 1. The van der Waals surface area contributed by atoms with Gasteiger partial charge in [-0.3, -0.25) is 4.79 Å². The van der Waals surface area contributed by atoms with Crippen LogP contribution in [0.3, 0.4) is 0 Å². The Morgan fingerprint density at radius 2 is 1.65 bits per heavy atom. The normalized spacial score (nSPS) is 11.6. The third-order valence-electron chi connectivity index (χ3n) is 3.68. The Hall–Kier alpha value is -2.48. The molecule has 0 spiro atoms. The number of nitrogens with one attached hydrogen (secondary N) is 2. The van der Waals surface area contributed by atoms with Crippen LogP contribution in [0.2, 0.25) is 10.0 Å². The van der Waals surface area contributed by atoms with E-state index in [9.17, 15) is 10.1 Å². The number of carbonyl (C=O) groups excluding carboxylic acids is 1. The smallest absolute Gasteiger partial charge is 0.267 e. The van der Waals surface area contributed by atoms with Gasteiger partial charge in [-0.05, 0) is 41.3 Å². The van der Waals surface area contributed by atoms with Crippen LogP contribution in [0.4, 0.5) is 11.4 Å². The molecule has 2 aromatic carbocycles. The van der Waals surface area contributed by atoms with Crippen LogP contribution in [0.5, 0.6) is 0 Å². The van der Waals surface area contributed by atoms with Gasteiger partial charge in [-0.15, -0.1) is 0 Å². The highest BCUT2D eigenvalue weighted by molar-refractivity contribution is 6.42. The summed E-state index contributed by atoms with van der Waals surface area (Å²) in [6.45, 7) is 6.41. The first-order valence-electron chi connectivity index (χ1n) is 7.94. The predicted molar refractivity (Wildman–Crippen MR) is 108 cm³/mol. The lowest BCUT2D eigenvalue weighted by molar-refractivity contribution is -0.112. The number of hydrogen-bond acceptors (Lipinski definition) is 3. The second kappa shape index (κ2) is 8.27. The quantitative estimate of drug-likeness (QED) is 0.518. The number of nitrogens with zero attached hydrogens (tertiary/aromatic N) is 1. The van der Waals surface area contributed by atoms with Crippen molar-refractivity contribution in [3.05, 3.63) is 69.8 Å². The Morgan fingerprint density at radius 1 is 1.04 bits per heavy atom. The van der Waals surface area contributed by atoms with Crippen LogP contribution in [0.15, 0.2) is 54.2 Å². The van der Waals surface area contributed by atoms with Crippen LogP contribution in [0, 0.1) is 11.3 Å². The molecule has 2 aromatic rings. The van der Waals surface area contributed by atoms with Gasteiger partial charge in [0.15, 0.2) is 0 Å². The third kappa shape index (κ3) is 5.26. The number of benzene rings is 2. The second-order valence-electron chi connectivity index (χ2n) is 6.72. The van der Waals surface area contributed by atoms with Crippen molar-refractivity contribution in [1.82, 2.24) is 0 Å². The van der Waals surface area contributed by atoms with E-state index >= 15 is 0 Å². The summed E-state index contributed by atoms with van der Waals surface area (Å²) in [6.07, 6.45) is 1.37. The van der Waals surface area contributed by atoms with Crippen molar-refractivity contribution < 1.29 is 4.79 Å². The maximum Gasteiger partial charge on any atom is 0.267 e. The fourth-order valence-corrected chi connectivity index (χ4v) is 2.44. The standard InChI is InChI=1S/C20H19Cl2N3O/c1-20(2,3)14-4-6-15(7-5-14)24-12-13(11-23)19(26)25-16-8-9-17(21)18(22)10-16/h4-10,12,24H,1-3H3,(H,25,26)/b13-12-. The third-order valence-corrected chi connectivity index (χ3v) is 4.42. The van der Waals surface area contributed by atoms with E-state index in [1.165, 1.54) is 17.8 Å². The molecule has 0 atom stereocenters. The summed E-state index contributed by atoms with van der Waals surface area (Å²) in [7, 11) is 0. The minimum Gasteiger partial charge on any atom is -0.360 e. The zero-order chi connectivity index (χ0) is 19.3. The second-order valence-corrected chi connectivity index (χ2v) is 7.54. The van der Waals surface area contributed by atoms with Crippen molar-refractivity contribution in [2.24, 2.45) is 0 Å². The van der Waals surface area contributed by atoms with Crippen LogP contribution in [0.1, 0.15) is 26.3 Å². The summed E-state index contributed by atoms with van der Waals surface area (Å²) in [5.74, 6) is -0.537. The molecule has 26 heavy (non-hydrogen) atoms. The van der Waals surface area contributed by atoms with Gasteiger partial charge in [-0.2, -0.15) is 5.26 Å². The van der Waals surface area contributed by atoms with Crippen LogP contribution < -0.4 is 10.6 Å². The maximum absolute atomic E-state index is 12.2. The molecule has 0 aliphatic carbocycles. The summed E-state index contributed by atoms with van der Waals surface area (Å²) in [6, 6.07) is 14.4. The van der Waals surface area contributed by atoms with Gasteiger partial charge in [-0.1, -0.05) is 56.1 Å². The molecule has 4 nitrogen and oxygen atoms in total. The van der Waals surface area contributed by atoms with E-state index < -0.39 is 5.91 Å². The minimum atomic E-state index is -0.537. The first kappa shape index (κ1) is 19.8.